The Morgan fingerprint density at radius 3 is 2.12 bits per heavy atom. The van der Waals surface area contributed by atoms with Gasteiger partial charge in [-0.15, -0.1) is 24.0 Å². The third-order valence-corrected chi connectivity index (χ3v) is 4.05. The Labute approximate surface area is 164 Å². The second-order valence-corrected chi connectivity index (χ2v) is 7.94. The Bertz CT molecular complexity index is 412. The van der Waals surface area contributed by atoms with E-state index in [1.54, 1.807) is 7.05 Å². The van der Waals surface area contributed by atoms with Crippen LogP contribution >= 0.6 is 24.0 Å². The summed E-state index contributed by atoms with van der Waals surface area (Å²) in [6.45, 7) is 13.8. The number of hydrogen-bond acceptors (Lipinski definition) is 3. The highest BCUT2D eigenvalue weighted by molar-refractivity contribution is 14.0. The monoisotopic (exact) mass is 453 g/mol. The summed E-state index contributed by atoms with van der Waals surface area (Å²) < 4.78 is 0. The molecule has 3 N–H and O–H groups in total. The number of hydrogen-bond donors (Lipinski definition) is 3. The molecule has 7 heteroatoms. The first-order chi connectivity index (χ1) is 10.6. The minimum atomic E-state index is -0.216. The van der Waals surface area contributed by atoms with E-state index < -0.39 is 0 Å². The van der Waals surface area contributed by atoms with Crippen LogP contribution < -0.4 is 16.0 Å². The van der Waals surface area contributed by atoms with E-state index in [1.807, 2.05) is 20.8 Å². The highest BCUT2D eigenvalue weighted by Crippen LogP contribution is 2.19. The molecule has 0 aromatic rings. The maximum absolute atomic E-state index is 11.9. The van der Waals surface area contributed by atoms with E-state index in [1.165, 1.54) is 19.3 Å². The lowest BCUT2D eigenvalue weighted by Crippen LogP contribution is -2.55. The number of aliphatic imine (C=N–C) groups is 1. The number of carbonyl (C=O) groups excluding carboxylic acids is 1. The molecule has 24 heavy (non-hydrogen) atoms. The molecule has 142 valence electrons. The van der Waals surface area contributed by atoms with Gasteiger partial charge in [0, 0.05) is 24.7 Å². The van der Waals surface area contributed by atoms with E-state index in [2.05, 4.69) is 39.7 Å². The Hall–Kier alpha value is -0.570. The van der Waals surface area contributed by atoms with Gasteiger partial charge in [-0.1, -0.05) is 6.42 Å². The predicted molar refractivity (Wildman–Crippen MR) is 112 cm³/mol. The molecule has 0 aromatic carbocycles. The van der Waals surface area contributed by atoms with Crippen LogP contribution in [0.25, 0.3) is 0 Å². The molecule has 1 saturated heterocycles. The van der Waals surface area contributed by atoms with Crippen molar-refractivity contribution < 1.29 is 4.79 Å². The van der Waals surface area contributed by atoms with Crippen molar-refractivity contribution in [3.63, 3.8) is 0 Å². The van der Waals surface area contributed by atoms with Crippen LogP contribution in [0, 0.1) is 0 Å². The van der Waals surface area contributed by atoms with Crippen molar-refractivity contribution in [2.45, 2.75) is 65.0 Å². The highest BCUT2D eigenvalue weighted by Gasteiger charge is 2.27. The fourth-order valence-electron chi connectivity index (χ4n) is 2.76. The lowest BCUT2D eigenvalue weighted by molar-refractivity contribution is -0.121. The van der Waals surface area contributed by atoms with E-state index in [9.17, 15) is 4.79 Å². The number of nitrogens with zero attached hydrogens (tertiary/aromatic N) is 2. The molecular weight excluding hydrogens is 417 g/mol. The number of likely N-dealkylation sites (tertiary alicyclic amines) is 1. The van der Waals surface area contributed by atoms with Crippen LogP contribution in [0.3, 0.4) is 0 Å². The maximum atomic E-state index is 11.9. The van der Waals surface area contributed by atoms with Gasteiger partial charge in [0.25, 0.3) is 0 Å². The largest absolute Gasteiger partial charge is 0.355 e. The van der Waals surface area contributed by atoms with Crippen molar-refractivity contribution in [1.29, 1.82) is 0 Å². The van der Waals surface area contributed by atoms with Gasteiger partial charge in [0.1, 0.15) is 0 Å². The summed E-state index contributed by atoms with van der Waals surface area (Å²) in [5, 5.41) is 9.35. The summed E-state index contributed by atoms with van der Waals surface area (Å²) in [6.07, 6.45) is 3.90. The van der Waals surface area contributed by atoms with Crippen LogP contribution in [-0.2, 0) is 4.79 Å². The number of guanidine groups is 1. The molecule has 0 unspecified atom stereocenters. The number of nitrogens with one attached hydrogen (secondary N) is 3. The summed E-state index contributed by atoms with van der Waals surface area (Å²) in [4.78, 5) is 18.6. The van der Waals surface area contributed by atoms with Gasteiger partial charge >= 0.3 is 0 Å². The molecule has 0 spiro atoms. The molecule has 0 aromatic heterocycles. The topological polar surface area (TPSA) is 68.8 Å². The van der Waals surface area contributed by atoms with Crippen molar-refractivity contribution in [2.24, 2.45) is 4.99 Å². The van der Waals surface area contributed by atoms with Crippen LogP contribution in [0.15, 0.2) is 4.99 Å². The standard InChI is InChI=1S/C17H35N5O.HI/c1-16(2,3)21-14(23)12-19-15(18-6)20-13-17(4,5)22-10-8-7-9-11-22;/h7-13H2,1-6H3,(H,21,23)(H2,18,19,20);1H. The normalized spacial score (nSPS) is 17.0. The molecule has 0 aliphatic carbocycles. The number of rotatable bonds is 5. The van der Waals surface area contributed by atoms with Crippen LogP contribution in [0.2, 0.25) is 0 Å². The summed E-state index contributed by atoms with van der Waals surface area (Å²) in [6, 6.07) is 0. The Balaban J connectivity index is 0.00000529. The second kappa shape index (κ2) is 10.4. The minimum absolute atomic E-state index is 0. The average molecular weight is 453 g/mol. The van der Waals surface area contributed by atoms with Crippen LogP contribution in [0.4, 0.5) is 0 Å². The van der Waals surface area contributed by atoms with E-state index in [0.29, 0.717) is 5.96 Å². The van der Waals surface area contributed by atoms with E-state index >= 15 is 0 Å². The number of carbonyl (C=O) groups is 1. The lowest BCUT2D eigenvalue weighted by atomic mass is 9.98. The molecule has 6 nitrogen and oxygen atoms in total. The van der Waals surface area contributed by atoms with Crippen LogP contribution in [0.1, 0.15) is 53.9 Å². The van der Waals surface area contributed by atoms with Crippen molar-refractivity contribution in [3.8, 4) is 0 Å². The summed E-state index contributed by atoms with van der Waals surface area (Å²) in [7, 11) is 1.73. The van der Waals surface area contributed by atoms with E-state index in [-0.39, 0.29) is 47.5 Å². The molecular formula is C17H36IN5O. The van der Waals surface area contributed by atoms with Crippen LogP contribution in [0.5, 0.6) is 0 Å². The molecule has 0 radical (unpaired) electrons. The number of amides is 1. The van der Waals surface area contributed by atoms with Gasteiger partial charge in [0.05, 0.1) is 6.54 Å². The van der Waals surface area contributed by atoms with E-state index in [4.69, 9.17) is 0 Å². The number of halogens is 1. The third kappa shape index (κ3) is 9.05. The SMILES string of the molecule is CN=C(NCC(=O)NC(C)(C)C)NCC(C)(C)N1CCCCC1.I. The zero-order valence-electron chi connectivity index (χ0n) is 16.2. The molecule has 1 rings (SSSR count). The van der Waals surface area contributed by atoms with Gasteiger partial charge < -0.3 is 16.0 Å². The molecule has 1 aliphatic rings. The third-order valence-electron chi connectivity index (χ3n) is 4.05. The summed E-state index contributed by atoms with van der Waals surface area (Å²) in [5.41, 5.74) is -0.141. The first-order valence-electron chi connectivity index (χ1n) is 8.65. The summed E-state index contributed by atoms with van der Waals surface area (Å²) >= 11 is 0. The Kier molecular flexibility index (Phi) is 10.2. The van der Waals surface area contributed by atoms with Gasteiger partial charge in [0.15, 0.2) is 5.96 Å². The van der Waals surface area contributed by atoms with Gasteiger partial charge in [-0.3, -0.25) is 14.7 Å². The van der Waals surface area contributed by atoms with Gasteiger partial charge in [-0.25, -0.2) is 0 Å². The van der Waals surface area contributed by atoms with E-state index in [0.717, 1.165) is 19.6 Å². The summed E-state index contributed by atoms with van der Waals surface area (Å²) in [5.74, 6) is 0.634. The zero-order valence-corrected chi connectivity index (χ0v) is 18.5. The van der Waals surface area contributed by atoms with Crippen molar-refractivity contribution in [3.05, 3.63) is 0 Å². The molecule has 1 heterocycles. The van der Waals surface area contributed by atoms with Crippen LogP contribution in [-0.4, -0.2) is 61.1 Å². The molecule has 0 bridgehead atoms. The maximum Gasteiger partial charge on any atom is 0.239 e. The quantitative estimate of drug-likeness (QED) is 0.338. The van der Waals surface area contributed by atoms with Crippen molar-refractivity contribution in [2.75, 3.05) is 33.2 Å². The fraction of sp³-hybridized carbons (Fsp3) is 0.882. The van der Waals surface area contributed by atoms with Gasteiger partial charge in [0.2, 0.25) is 5.91 Å². The highest BCUT2D eigenvalue weighted by atomic mass is 127. The molecule has 0 atom stereocenters. The first-order valence-corrected chi connectivity index (χ1v) is 8.65. The van der Waals surface area contributed by atoms with Crippen molar-refractivity contribution in [1.82, 2.24) is 20.9 Å². The average Bonchev–Trinajstić information content (AvgIpc) is 2.46. The van der Waals surface area contributed by atoms with Crippen molar-refractivity contribution >= 4 is 35.8 Å². The Morgan fingerprint density at radius 1 is 1.04 bits per heavy atom. The molecule has 1 fully saturated rings. The minimum Gasteiger partial charge on any atom is -0.355 e. The molecule has 1 amide bonds. The fourth-order valence-corrected chi connectivity index (χ4v) is 2.76. The van der Waals surface area contributed by atoms with Gasteiger partial charge in [-0.05, 0) is 60.5 Å². The number of piperidine rings is 1. The first kappa shape index (κ1) is 23.4. The molecule has 1 aliphatic heterocycles. The zero-order chi connectivity index (χ0) is 17.5. The lowest BCUT2D eigenvalue weighted by Gasteiger charge is -2.41. The Morgan fingerprint density at radius 2 is 1.62 bits per heavy atom. The second-order valence-electron chi connectivity index (χ2n) is 7.94. The smallest absolute Gasteiger partial charge is 0.239 e. The van der Waals surface area contributed by atoms with Gasteiger partial charge in [-0.2, -0.15) is 0 Å². The molecule has 0 saturated carbocycles. The predicted octanol–water partition coefficient (Wildman–Crippen LogP) is 1.95.